The molecule has 1 aromatic rings. The summed E-state index contributed by atoms with van der Waals surface area (Å²) in [6.07, 6.45) is 8.15. The number of hydrogen-bond acceptors (Lipinski definition) is 2. The second kappa shape index (κ2) is 5.66. The molecular weight excluding hydrogens is 236 g/mol. The molecule has 0 saturated heterocycles. The van der Waals surface area contributed by atoms with Gasteiger partial charge in [0.15, 0.2) is 0 Å². The summed E-state index contributed by atoms with van der Waals surface area (Å²) < 4.78 is 2.25. The number of hydrogen-bond donors (Lipinski definition) is 1. The van der Waals surface area contributed by atoms with E-state index in [1.165, 1.54) is 6.42 Å². The lowest BCUT2D eigenvalue weighted by molar-refractivity contribution is 0.0112. The van der Waals surface area contributed by atoms with Crippen molar-refractivity contribution in [2.75, 3.05) is 0 Å². The molecule has 1 heterocycles. The number of aryl methyl sites for hydroxylation is 1. The number of aliphatic hydroxyl groups excluding tert-OH is 1. The van der Waals surface area contributed by atoms with Gasteiger partial charge >= 0.3 is 0 Å². The van der Waals surface area contributed by atoms with Crippen molar-refractivity contribution in [1.29, 1.82) is 0 Å². The molecular formula is C16H28N2O. The molecule has 1 aliphatic rings. The number of aliphatic hydroxyl groups is 1. The fraction of sp³-hybridized carbons (Fsp3) is 0.812. The van der Waals surface area contributed by atoms with E-state index in [1.807, 2.05) is 6.20 Å². The van der Waals surface area contributed by atoms with Gasteiger partial charge < -0.3 is 9.67 Å². The van der Waals surface area contributed by atoms with Gasteiger partial charge in [0.05, 0.1) is 6.10 Å². The summed E-state index contributed by atoms with van der Waals surface area (Å²) in [7, 11) is 0. The van der Waals surface area contributed by atoms with E-state index in [4.69, 9.17) is 0 Å². The summed E-state index contributed by atoms with van der Waals surface area (Å²) in [6.45, 7) is 9.92. The van der Waals surface area contributed by atoms with Crippen LogP contribution in [0.1, 0.15) is 59.2 Å². The van der Waals surface area contributed by atoms with E-state index >= 15 is 0 Å². The minimum Gasteiger partial charge on any atom is -0.393 e. The smallest absolute Gasteiger partial charge is 0.114 e. The van der Waals surface area contributed by atoms with Gasteiger partial charge in [0.1, 0.15) is 5.82 Å². The summed E-state index contributed by atoms with van der Waals surface area (Å²) in [5.41, 5.74) is -0.0573. The van der Waals surface area contributed by atoms with Crippen LogP contribution in [0.25, 0.3) is 0 Å². The Morgan fingerprint density at radius 2 is 2.16 bits per heavy atom. The first-order valence-corrected chi connectivity index (χ1v) is 7.66. The highest BCUT2D eigenvalue weighted by Crippen LogP contribution is 2.41. The lowest BCUT2D eigenvalue weighted by Crippen LogP contribution is -2.42. The van der Waals surface area contributed by atoms with E-state index in [0.29, 0.717) is 11.8 Å². The SMILES string of the molecule is CCCn1ccnc1C(C)(C)C1CCC(C)CC1O. The van der Waals surface area contributed by atoms with Gasteiger partial charge in [-0.15, -0.1) is 0 Å². The molecule has 1 fully saturated rings. The van der Waals surface area contributed by atoms with E-state index in [1.54, 1.807) is 0 Å². The highest BCUT2D eigenvalue weighted by molar-refractivity contribution is 5.11. The maximum absolute atomic E-state index is 10.5. The molecule has 0 radical (unpaired) electrons. The summed E-state index contributed by atoms with van der Waals surface area (Å²) in [5.74, 6) is 2.10. The average molecular weight is 264 g/mol. The van der Waals surface area contributed by atoms with E-state index in [9.17, 15) is 5.11 Å². The molecule has 0 bridgehead atoms. The second-order valence-electron chi connectivity index (χ2n) is 6.76. The van der Waals surface area contributed by atoms with Crippen molar-refractivity contribution in [1.82, 2.24) is 9.55 Å². The molecule has 3 atom stereocenters. The molecule has 0 aliphatic heterocycles. The Bertz CT molecular complexity index is 411. The van der Waals surface area contributed by atoms with Crippen LogP contribution >= 0.6 is 0 Å². The molecule has 1 aromatic heterocycles. The average Bonchev–Trinajstić information content (AvgIpc) is 2.78. The third-order valence-electron chi connectivity index (χ3n) is 4.76. The Balaban J connectivity index is 2.23. The topological polar surface area (TPSA) is 38.0 Å². The zero-order chi connectivity index (χ0) is 14.0. The van der Waals surface area contributed by atoms with Gasteiger partial charge in [0, 0.05) is 24.4 Å². The van der Waals surface area contributed by atoms with Gasteiger partial charge in [-0.3, -0.25) is 0 Å². The standard InChI is InChI=1S/C16H28N2O/c1-5-9-18-10-8-17-15(18)16(3,4)13-7-6-12(2)11-14(13)19/h8,10,12-14,19H,5-7,9,11H2,1-4H3. The minimum absolute atomic E-state index is 0.0573. The van der Waals surface area contributed by atoms with Crippen molar-refractivity contribution in [2.45, 2.75) is 71.4 Å². The summed E-state index contributed by atoms with van der Waals surface area (Å²) in [4.78, 5) is 4.59. The van der Waals surface area contributed by atoms with Crippen LogP contribution in [-0.4, -0.2) is 20.8 Å². The normalized spacial score (nSPS) is 28.6. The monoisotopic (exact) mass is 264 g/mol. The molecule has 3 unspecified atom stereocenters. The Kier molecular flexibility index (Phi) is 4.34. The van der Waals surface area contributed by atoms with Crippen LogP contribution in [0.5, 0.6) is 0 Å². The van der Waals surface area contributed by atoms with Crippen LogP contribution in [-0.2, 0) is 12.0 Å². The van der Waals surface area contributed by atoms with E-state index < -0.39 is 0 Å². The van der Waals surface area contributed by atoms with Gasteiger partial charge in [-0.1, -0.05) is 34.1 Å². The molecule has 1 saturated carbocycles. The number of nitrogens with zero attached hydrogens (tertiary/aromatic N) is 2. The van der Waals surface area contributed by atoms with Gasteiger partial charge in [0.25, 0.3) is 0 Å². The van der Waals surface area contributed by atoms with Gasteiger partial charge in [-0.05, 0) is 31.1 Å². The fourth-order valence-corrected chi connectivity index (χ4v) is 3.65. The molecule has 19 heavy (non-hydrogen) atoms. The largest absolute Gasteiger partial charge is 0.393 e. The predicted octanol–water partition coefficient (Wildman–Crippen LogP) is 3.37. The summed E-state index contributed by atoms with van der Waals surface area (Å²) in [6, 6.07) is 0. The molecule has 0 spiro atoms. The molecule has 0 aromatic carbocycles. The molecule has 3 heteroatoms. The van der Waals surface area contributed by atoms with E-state index in [2.05, 4.69) is 43.4 Å². The lowest BCUT2D eigenvalue weighted by atomic mass is 9.67. The fourth-order valence-electron chi connectivity index (χ4n) is 3.65. The Morgan fingerprint density at radius 1 is 1.42 bits per heavy atom. The van der Waals surface area contributed by atoms with Gasteiger partial charge in [-0.25, -0.2) is 4.98 Å². The van der Waals surface area contributed by atoms with Crippen LogP contribution in [0.4, 0.5) is 0 Å². The van der Waals surface area contributed by atoms with Crippen LogP contribution < -0.4 is 0 Å². The van der Waals surface area contributed by atoms with Crippen molar-refractivity contribution in [3.05, 3.63) is 18.2 Å². The van der Waals surface area contributed by atoms with Crippen molar-refractivity contribution < 1.29 is 5.11 Å². The van der Waals surface area contributed by atoms with E-state index in [0.717, 1.165) is 31.6 Å². The van der Waals surface area contributed by atoms with Crippen molar-refractivity contribution in [3.63, 3.8) is 0 Å². The quantitative estimate of drug-likeness (QED) is 0.905. The number of aromatic nitrogens is 2. The molecule has 0 amide bonds. The highest BCUT2D eigenvalue weighted by Gasteiger charge is 2.41. The number of rotatable bonds is 4. The first-order valence-electron chi connectivity index (χ1n) is 7.66. The highest BCUT2D eigenvalue weighted by atomic mass is 16.3. The zero-order valence-corrected chi connectivity index (χ0v) is 12.8. The third kappa shape index (κ3) is 2.86. The summed E-state index contributed by atoms with van der Waals surface area (Å²) >= 11 is 0. The maximum Gasteiger partial charge on any atom is 0.114 e. The van der Waals surface area contributed by atoms with Crippen LogP contribution in [0.15, 0.2) is 12.4 Å². The Labute approximate surface area is 117 Å². The van der Waals surface area contributed by atoms with Crippen molar-refractivity contribution in [3.8, 4) is 0 Å². The third-order valence-corrected chi connectivity index (χ3v) is 4.76. The predicted molar refractivity (Wildman–Crippen MR) is 78.1 cm³/mol. The van der Waals surface area contributed by atoms with E-state index in [-0.39, 0.29) is 11.5 Å². The molecule has 3 nitrogen and oxygen atoms in total. The second-order valence-corrected chi connectivity index (χ2v) is 6.76. The Hall–Kier alpha value is -0.830. The lowest BCUT2D eigenvalue weighted by Gasteiger charge is -2.41. The Morgan fingerprint density at radius 3 is 2.79 bits per heavy atom. The zero-order valence-electron chi connectivity index (χ0n) is 12.8. The van der Waals surface area contributed by atoms with Crippen molar-refractivity contribution >= 4 is 0 Å². The maximum atomic E-state index is 10.5. The minimum atomic E-state index is -0.189. The number of imidazole rings is 1. The molecule has 1 N–H and O–H groups in total. The molecule has 1 aliphatic carbocycles. The van der Waals surface area contributed by atoms with Crippen LogP contribution in [0, 0.1) is 11.8 Å². The first-order chi connectivity index (χ1) is 8.96. The van der Waals surface area contributed by atoms with Crippen molar-refractivity contribution in [2.24, 2.45) is 11.8 Å². The van der Waals surface area contributed by atoms with Crippen LogP contribution in [0.2, 0.25) is 0 Å². The van der Waals surface area contributed by atoms with Crippen LogP contribution in [0.3, 0.4) is 0 Å². The first kappa shape index (κ1) is 14.6. The summed E-state index contributed by atoms with van der Waals surface area (Å²) in [5, 5.41) is 10.5. The van der Waals surface area contributed by atoms with Gasteiger partial charge in [0.2, 0.25) is 0 Å². The van der Waals surface area contributed by atoms with Gasteiger partial charge in [-0.2, -0.15) is 0 Å². The molecule has 2 rings (SSSR count). The molecule has 108 valence electrons.